The van der Waals surface area contributed by atoms with Crippen molar-refractivity contribution < 1.29 is 19.3 Å². The molecule has 1 saturated heterocycles. The second kappa shape index (κ2) is 5.80. The summed E-state index contributed by atoms with van der Waals surface area (Å²) in [5, 5.41) is 10.3. The summed E-state index contributed by atoms with van der Waals surface area (Å²) in [6.45, 7) is 3.27. The molecule has 0 aromatic heterocycles. The normalized spacial score (nSPS) is 26.6. The number of ether oxygens (including phenoxy) is 3. The molecule has 0 aromatic rings. The Hall–Kier alpha value is -0.160. The summed E-state index contributed by atoms with van der Waals surface area (Å²) < 4.78 is 15.6. The van der Waals surface area contributed by atoms with Crippen molar-refractivity contribution in [3.63, 3.8) is 0 Å². The van der Waals surface area contributed by atoms with E-state index >= 15 is 0 Å². The fourth-order valence-electron chi connectivity index (χ4n) is 2.00. The molecule has 1 fully saturated rings. The van der Waals surface area contributed by atoms with E-state index in [1.807, 2.05) is 6.92 Å². The van der Waals surface area contributed by atoms with Gasteiger partial charge in [0.1, 0.15) is 0 Å². The molecule has 0 aromatic carbocycles. The number of methoxy groups -OCH3 is 2. The van der Waals surface area contributed by atoms with Crippen LogP contribution in [0.1, 0.15) is 26.2 Å². The molecule has 2 unspecified atom stereocenters. The summed E-state index contributed by atoms with van der Waals surface area (Å²) in [5.74, 6) is 0.180. The molecule has 0 saturated carbocycles. The van der Waals surface area contributed by atoms with Gasteiger partial charge in [-0.05, 0) is 19.8 Å². The third-order valence-electron chi connectivity index (χ3n) is 3.15. The predicted octanol–water partition coefficient (Wildman–Crippen LogP) is 1.17. The van der Waals surface area contributed by atoms with Crippen molar-refractivity contribution in [1.82, 2.24) is 0 Å². The number of rotatable bonds is 5. The van der Waals surface area contributed by atoms with Crippen LogP contribution in [0.2, 0.25) is 0 Å². The van der Waals surface area contributed by atoms with E-state index in [0.717, 1.165) is 19.4 Å². The molecular weight excluding hydrogens is 196 g/mol. The van der Waals surface area contributed by atoms with Crippen LogP contribution in [0.5, 0.6) is 0 Å². The zero-order valence-corrected chi connectivity index (χ0v) is 9.86. The molecule has 0 spiro atoms. The van der Waals surface area contributed by atoms with Crippen LogP contribution < -0.4 is 0 Å². The Bertz CT molecular complexity index is 171. The molecular formula is C11H22O4. The van der Waals surface area contributed by atoms with Crippen LogP contribution in [0.25, 0.3) is 0 Å². The lowest BCUT2D eigenvalue weighted by atomic mass is 9.82. The molecule has 0 radical (unpaired) electrons. The third-order valence-corrected chi connectivity index (χ3v) is 3.15. The largest absolute Gasteiger partial charge is 0.390 e. The fourth-order valence-corrected chi connectivity index (χ4v) is 2.00. The van der Waals surface area contributed by atoms with Crippen LogP contribution in [-0.4, -0.2) is 44.4 Å². The number of hydrogen-bond donors (Lipinski definition) is 1. The number of hydrogen-bond acceptors (Lipinski definition) is 4. The van der Waals surface area contributed by atoms with Gasteiger partial charge in [-0.2, -0.15) is 0 Å². The van der Waals surface area contributed by atoms with Gasteiger partial charge in [0.25, 0.3) is 0 Å². The fraction of sp³-hybridized carbons (Fsp3) is 1.00. The van der Waals surface area contributed by atoms with Crippen molar-refractivity contribution in [2.24, 2.45) is 5.92 Å². The van der Waals surface area contributed by atoms with Crippen molar-refractivity contribution in [2.45, 2.75) is 38.1 Å². The minimum Gasteiger partial charge on any atom is -0.390 e. The third kappa shape index (κ3) is 3.72. The van der Waals surface area contributed by atoms with Gasteiger partial charge < -0.3 is 19.3 Å². The number of aliphatic hydroxyl groups is 1. The lowest BCUT2D eigenvalue weighted by Gasteiger charge is -2.36. The van der Waals surface area contributed by atoms with Crippen LogP contribution >= 0.6 is 0 Å². The second-order valence-electron chi connectivity index (χ2n) is 4.38. The molecule has 1 rings (SSSR count). The zero-order chi connectivity index (χ0) is 11.3. The van der Waals surface area contributed by atoms with E-state index in [1.54, 1.807) is 14.2 Å². The van der Waals surface area contributed by atoms with Crippen LogP contribution in [0.4, 0.5) is 0 Å². The summed E-state index contributed by atoms with van der Waals surface area (Å²) in [6, 6.07) is 0. The molecule has 4 nitrogen and oxygen atoms in total. The monoisotopic (exact) mass is 218 g/mol. The topological polar surface area (TPSA) is 47.9 Å². The highest BCUT2D eigenvalue weighted by atomic mass is 16.7. The summed E-state index contributed by atoms with van der Waals surface area (Å²) in [6.07, 6.45) is 2.16. The summed E-state index contributed by atoms with van der Waals surface area (Å²) in [5.41, 5.74) is -0.781. The van der Waals surface area contributed by atoms with Gasteiger partial charge in [0.2, 0.25) is 0 Å². The van der Waals surface area contributed by atoms with Gasteiger partial charge in [0, 0.05) is 33.2 Å². The Kier molecular flexibility index (Phi) is 4.99. The molecule has 0 aliphatic carbocycles. The minimum absolute atomic E-state index is 0.180. The van der Waals surface area contributed by atoms with Gasteiger partial charge in [-0.1, -0.05) is 0 Å². The summed E-state index contributed by atoms with van der Waals surface area (Å²) in [7, 11) is 3.17. The van der Waals surface area contributed by atoms with Gasteiger partial charge in [-0.15, -0.1) is 0 Å². The molecule has 0 amide bonds. The molecule has 0 bridgehead atoms. The van der Waals surface area contributed by atoms with Crippen LogP contribution in [0, 0.1) is 5.92 Å². The Morgan fingerprint density at radius 1 is 1.47 bits per heavy atom. The van der Waals surface area contributed by atoms with Crippen molar-refractivity contribution in [3.05, 3.63) is 0 Å². The second-order valence-corrected chi connectivity index (χ2v) is 4.38. The summed E-state index contributed by atoms with van der Waals surface area (Å²) >= 11 is 0. The van der Waals surface area contributed by atoms with Gasteiger partial charge in [-0.25, -0.2) is 0 Å². The van der Waals surface area contributed by atoms with Crippen molar-refractivity contribution in [2.75, 3.05) is 27.4 Å². The SMILES string of the molecule is COC(CC(C)(O)C1CCCOC1)OC. The van der Waals surface area contributed by atoms with E-state index < -0.39 is 5.60 Å². The molecule has 90 valence electrons. The highest BCUT2D eigenvalue weighted by Crippen LogP contribution is 2.30. The molecule has 2 atom stereocenters. The van der Waals surface area contributed by atoms with E-state index in [4.69, 9.17) is 14.2 Å². The first-order chi connectivity index (χ1) is 7.10. The van der Waals surface area contributed by atoms with Crippen LogP contribution in [0.15, 0.2) is 0 Å². The van der Waals surface area contributed by atoms with Gasteiger partial charge in [0.05, 0.1) is 12.2 Å². The Morgan fingerprint density at radius 3 is 2.60 bits per heavy atom. The van der Waals surface area contributed by atoms with E-state index in [2.05, 4.69) is 0 Å². The van der Waals surface area contributed by atoms with Gasteiger partial charge in [0.15, 0.2) is 6.29 Å². The smallest absolute Gasteiger partial charge is 0.159 e. The van der Waals surface area contributed by atoms with E-state index in [1.165, 1.54) is 0 Å². The molecule has 1 heterocycles. The van der Waals surface area contributed by atoms with E-state index in [0.29, 0.717) is 13.0 Å². The minimum atomic E-state index is -0.781. The lowest BCUT2D eigenvalue weighted by molar-refractivity contribution is -0.162. The Labute approximate surface area is 91.5 Å². The maximum atomic E-state index is 10.3. The standard InChI is InChI=1S/C11H22O4/c1-11(12,7-10(13-2)14-3)9-5-4-6-15-8-9/h9-10,12H,4-8H2,1-3H3. The first-order valence-electron chi connectivity index (χ1n) is 5.46. The van der Waals surface area contributed by atoms with Gasteiger partial charge in [-0.3, -0.25) is 0 Å². The van der Waals surface area contributed by atoms with Crippen molar-refractivity contribution in [3.8, 4) is 0 Å². The lowest BCUT2D eigenvalue weighted by Crippen LogP contribution is -2.43. The van der Waals surface area contributed by atoms with Crippen LogP contribution in [0.3, 0.4) is 0 Å². The highest BCUT2D eigenvalue weighted by Gasteiger charge is 2.35. The quantitative estimate of drug-likeness (QED) is 0.704. The van der Waals surface area contributed by atoms with E-state index in [9.17, 15) is 5.11 Å². The maximum absolute atomic E-state index is 10.3. The van der Waals surface area contributed by atoms with Crippen molar-refractivity contribution >= 4 is 0 Å². The first-order valence-corrected chi connectivity index (χ1v) is 5.46. The molecule has 1 aliphatic heterocycles. The van der Waals surface area contributed by atoms with Gasteiger partial charge >= 0.3 is 0 Å². The average molecular weight is 218 g/mol. The van der Waals surface area contributed by atoms with Crippen LogP contribution in [-0.2, 0) is 14.2 Å². The first kappa shape index (κ1) is 12.9. The maximum Gasteiger partial charge on any atom is 0.159 e. The zero-order valence-electron chi connectivity index (χ0n) is 9.86. The molecule has 15 heavy (non-hydrogen) atoms. The average Bonchev–Trinajstić information content (AvgIpc) is 2.27. The predicted molar refractivity (Wildman–Crippen MR) is 56.6 cm³/mol. The summed E-state index contributed by atoms with van der Waals surface area (Å²) in [4.78, 5) is 0. The van der Waals surface area contributed by atoms with Crippen molar-refractivity contribution in [1.29, 1.82) is 0 Å². The Balaban J connectivity index is 2.47. The molecule has 1 aliphatic rings. The molecule has 4 heteroatoms. The Morgan fingerprint density at radius 2 is 2.13 bits per heavy atom. The highest BCUT2D eigenvalue weighted by molar-refractivity contribution is 4.84. The van der Waals surface area contributed by atoms with E-state index in [-0.39, 0.29) is 12.2 Å². The molecule has 1 N–H and O–H groups in total.